The van der Waals surface area contributed by atoms with Crippen LogP contribution in [0.5, 0.6) is 0 Å². The molecule has 1 heterocycles. The molecule has 0 aliphatic heterocycles. The van der Waals surface area contributed by atoms with Gasteiger partial charge in [-0.3, -0.25) is 4.98 Å². The lowest BCUT2D eigenvalue weighted by molar-refractivity contribution is 0.556. The molecule has 0 aliphatic carbocycles. The molecule has 0 unspecified atom stereocenters. The quantitative estimate of drug-likeness (QED) is 0.943. The van der Waals surface area contributed by atoms with Gasteiger partial charge in [0.05, 0.1) is 17.3 Å². The summed E-state index contributed by atoms with van der Waals surface area (Å²) < 4.78 is 39.8. The van der Waals surface area contributed by atoms with Crippen LogP contribution >= 0.6 is 11.6 Å². The number of sulfonamides is 1. The molecule has 0 atom stereocenters. The SMILES string of the molecule is O=S(=O)(NCc1ccccn1)c1cccc(Cl)c1F. The molecular formula is C12H10ClFN2O2S. The summed E-state index contributed by atoms with van der Waals surface area (Å²) in [6.07, 6.45) is 1.55. The predicted octanol–water partition coefficient (Wildman–Crippen LogP) is 2.35. The first-order valence-corrected chi connectivity index (χ1v) is 7.20. The lowest BCUT2D eigenvalue weighted by Gasteiger charge is -2.07. The van der Waals surface area contributed by atoms with E-state index in [2.05, 4.69) is 9.71 Å². The van der Waals surface area contributed by atoms with E-state index in [1.165, 1.54) is 12.1 Å². The van der Waals surface area contributed by atoms with Crippen LogP contribution in [0.1, 0.15) is 5.69 Å². The van der Waals surface area contributed by atoms with Gasteiger partial charge < -0.3 is 0 Å². The lowest BCUT2D eigenvalue weighted by atomic mass is 10.3. The summed E-state index contributed by atoms with van der Waals surface area (Å²) in [4.78, 5) is 3.49. The van der Waals surface area contributed by atoms with Crippen LogP contribution in [0.2, 0.25) is 5.02 Å². The van der Waals surface area contributed by atoms with Crippen molar-refractivity contribution in [1.82, 2.24) is 9.71 Å². The second-order valence-corrected chi connectivity index (χ2v) is 5.84. The van der Waals surface area contributed by atoms with Crippen molar-refractivity contribution in [2.45, 2.75) is 11.4 Å². The number of halogens is 2. The van der Waals surface area contributed by atoms with Crippen LogP contribution in [-0.4, -0.2) is 13.4 Å². The largest absolute Gasteiger partial charge is 0.260 e. The molecule has 1 N–H and O–H groups in total. The van der Waals surface area contributed by atoms with E-state index in [1.54, 1.807) is 24.4 Å². The second kappa shape index (κ2) is 5.64. The lowest BCUT2D eigenvalue weighted by Crippen LogP contribution is -2.24. The van der Waals surface area contributed by atoms with Gasteiger partial charge in [-0.25, -0.2) is 17.5 Å². The Balaban J connectivity index is 2.22. The van der Waals surface area contributed by atoms with Crippen molar-refractivity contribution in [3.8, 4) is 0 Å². The Kier molecular flexibility index (Phi) is 4.14. The van der Waals surface area contributed by atoms with E-state index in [4.69, 9.17) is 11.6 Å². The van der Waals surface area contributed by atoms with Gasteiger partial charge in [0.2, 0.25) is 10.0 Å². The Labute approximate surface area is 115 Å². The van der Waals surface area contributed by atoms with Crippen LogP contribution in [0.25, 0.3) is 0 Å². The van der Waals surface area contributed by atoms with Crippen LogP contribution in [0.3, 0.4) is 0 Å². The van der Waals surface area contributed by atoms with Crippen LogP contribution < -0.4 is 4.72 Å². The molecule has 0 spiro atoms. The van der Waals surface area contributed by atoms with E-state index in [0.717, 1.165) is 6.07 Å². The van der Waals surface area contributed by atoms with Gasteiger partial charge in [-0.2, -0.15) is 0 Å². The maximum atomic E-state index is 13.7. The number of hydrogen-bond donors (Lipinski definition) is 1. The fourth-order valence-corrected chi connectivity index (χ4v) is 2.77. The third kappa shape index (κ3) is 3.28. The number of hydrogen-bond acceptors (Lipinski definition) is 3. The van der Waals surface area contributed by atoms with Crippen molar-refractivity contribution in [1.29, 1.82) is 0 Å². The maximum absolute atomic E-state index is 13.7. The second-order valence-electron chi connectivity index (χ2n) is 3.70. The number of pyridine rings is 1. The van der Waals surface area contributed by atoms with E-state index in [9.17, 15) is 12.8 Å². The average Bonchev–Trinajstić information content (AvgIpc) is 2.41. The van der Waals surface area contributed by atoms with Crippen molar-refractivity contribution < 1.29 is 12.8 Å². The molecule has 0 saturated heterocycles. The monoisotopic (exact) mass is 300 g/mol. The molecule has 0 aliphatic rings. The molecule has 0 radical (unpaired) electrons. The highest BCUT2D eigenvalue weighted by atomic mass is 35.5. The summed E-state index contributed by atoms with van der Waals surface area (Å²) in [7, 11) is -3.96. The fourth-order valence-electron chi connectivity index (χ4n) is 1.44. The zero-order chi connectivity index (χ0) is 13.9. The zero-order valence-corrected chi connectivity index (χ0v) is 11.2. The van der Waals surface area contributed by atoms with Crippen LogP contribution in [0, 0.1) is 5.82 Å². The van der Waals surface area contributed by atoms with Crippen molar-refractivity contribution in [3.63, 3.8) is 0 Å². The summed E-state index contributed by atoms with van der Waals surface area (Å²) in [5, 5.41) is -0.235. The smallest absolute Gasteiger partial charge is 0.243 e. The van der Waals surface area contributed by atoms with Gasteiger partial charge >= 0.3 is 0 Å². The van der Waals surface area contributed by atoms with E-state index in [1.807, 2.05) is 0 Å². The van der Waals surface area contributed by atoms with E-state index in [0.29, 0.717) is 5.69 Å². The van der Waals surface area contributed by atoms with E-state index < -0.39 is 20.7 Å². The molecule has 0 amide bonds. The molecule has 0 bridgehead atoms. The van der Waals surface area contributed by atoms with Gasteiger partial charge in [-0.15, -0.1) is 0 Å². The molecule has 19 heavy (non-hydrogen) atoms. The third-order valence-corrected chi connectivity index (χ3v) is 4.09. The van der Waals surface area contributed by atoms with Crippen LogP contribution in [0.4, 0.5) is 4.39 Å². The molecule has 0 fully saturated rings. The Bertz CT molecular complexity index is 677. The van der Waals surface area contributed by atoms with Crippen LogP contribution in [-0.2, 0) is 16.6 Å². The molecule has 1 aromatic heterocycles. The summed E-state index contributed by atoms with van der Waals surface area (Å²) in [5.41, 5.74) is 0.536. The molecule has 2 aromatic rings. The Hall–Kier alpha value is -1.50. The normalized spacial score (nSPS) is 11.5. The highest BCUT2D eigenvalue weighted by Gasteiger charge is 2.20. The standard InChI is InChI=1S/C12H10ClFN2O2S/c13-10-5-3-6-11(12(10)14)19(17,18)16-8-9-4-1-2-7-15-9/h1-7,16H,8H2. The Morgan fingerprint density at radius 2 is 2.00 bits per heavy atom. The van der Waals surface area contributed by atoms with Crippen molar-refractivity contribution >= 4 is 21.6 Å². The minimum Gasteiger partial charge on any atom is -0.260 e. The van der Waals surface area contributed by atoms with Gasteiger partial charge in [-0.05, 0) is 24.3 Å². The molecule has 1 aromatic carbocycles. The summed E-state index contributed by atoms with van der Waals surface area (Å²) in [5.74, 6) is -0.960. The minimum atomic E-state index is -3.96. The summed E-state index contributed by atoms with van der Waals surface area (Å²) >= 11 is 5.56. The molecular weight excluding hydrogens is 291 g/mol. The van der Waals surface area contributed by atoms with Gasteiger partial charge in [-0.1, -0.05) is 23.7 Å². The first-order chi connectivity index (χ1) is 9.00. The van der Waals surface area contributed by atoms with Crippen molar-refractivity contribution in [3.05, 3.63) is 59.1 Å². The van der Waals surface area contributed by atoms with E-state index in [-0.39, 0.29) is 11.6 Å². The number of benzene rings is 1. The number of nitrogens with one attached hydrogen (secondary N) is 1. The summed E-state index contributed by atoms with van der Waals surface area (Å²) in [6, 6.07) is 8.93. The van der Waals surface area contributed by atoms with Crippen LogP contribution in [0.15, 0.2) is 47.5 Å². The average molecular weight is 301 g/mol. The molecule has 2 rings (SSSR count). The highest BCUT2D eigenvalue weighted by Crippen LogP contribution is 2.21. The number of rotatable bonds is 4. The predicted molar refractivity (Wildman–Crippen MR) is 69.7 cm³/mol. The number of nitrogens with zero attached hydrogens (tertiary/aromatic N) is 1. The fraction of sp³-hybridized carbons (Fsp3) is 0.0833. The van der Waals surface area contributed by atoms with Crippen molar-refractivity contribution in [2.24, 2.45) is 0 Å². The molecule has 4 nitrogen and oxygen atoms in total. The zero-order valence-electron chi connectivity index (χ0n) is 9.68. The summed E-state index contributed by atoms with van der Waals surface area (Å²) in [6.45, 7) is -0.0187. The van der Waals surface area contributed by atoms with Gasteiger partial charge in [0.25, 0.3) is 0 Å². The first-order valence-electron chi connectivity index (χ1n) is 5.34. The molecule has 100 valence electrons. The highest BCUT2D eigenvalue weighted by molar-refractivity contribution is 7.89. The Morgan fingerprint density at radius 3 is 2.68 bits per heavy atom. The molecule has 0 saturated carbocycles. The maximum Gasteiger partial charge on any atom is 0.243 e. The topological polar surface area (TPSA) is 59.1 Å². The minimum absolute atomic E-state index is 0.0187. The van der Waals surface area contributed by atoms with Crippen molar-refractivity contribution in [2.75, 3.05) is 0 Å². The van der Waals surface area contributed by atoms with Gasteiger partial charge in [0, 0.05) is 6.20 Å². The Morgan fingerprint density at radius 1 is 1.21 bits per heavy atom. The van der Waals surface area contributed by atoms with E-state index >= 15 is 0 Å². The molecule has 7 heteroatoms. The number of aromatic nitrogens is 1. The van der Waals surface area contributed by atoms with Gasteiger partial charge in [0.1, 0.15) is 4.90 Å². The van der Waals surface area contributed by atoms with Gasteiger partial charge in [0.15, 0.2) is 5.82 Å². The third-order valence-electron chi connectivity index (χ3n) is 2.38. The first kappa shape index (κ1) is 13.9.